The molecule has 1 aliphatic heterocycles. The molecule has 0 spiro atoms. The maximum Gasteiger partial charge on any atom is 0.243 e. The Kier molecular flexibility index (Phi) is 3.67. The largest absolute Gasteiger partial charge is 0.338 e. The van der Waals surface area contributed by atoms with Crippen molar-refractivity contribution >= 4 is 0 Å². The van der Waals surface area contributed by atoms with Crippen LogP contribution in [0.1, 0.15) is 67.9 Å². The van der Waals surface area contributed by atoms with Crippen LogP contribution in [0.15, 0.2) is 4.52 Å². The van der Waals surface area contributed by atoms with Crippen LogP contribution in [-0.2, 0) is 6.54 Å². The molecule has 0 bridgehead atoms. The number of hydrogen-bond acceptors (Lipinski definition) is 6. The monoisotopic (exact) mass is 316 g/mol. The molecule has 2 atom stereocenters. The van der Waals surface area contributed by atoms with Crippen molar-refractivity contribution in [3.63, 3.8) is 0 Å². The Morgan fingerprint density at radius 1 is 1.22 bits per heavy atom. The van der Waals surface area contributed by atoms with Crippen molar-refractivity contribution in [2.75, 3.05) is 6.54 Å². The van der Waals surface area contributed by atoms with E-state index in [1.54, 1.807) is 0 Å². The second kappa shape index (κ2) is 5.70. The second-order valence-corrected chi connectivity index (χ2v) is 6.86. The predicted octanol–water partition coefficient (Wildman–Crippen LogP) is 2.38. The van der Waals surface area contributed by atoms with Crippen molar-refractivity contribution in [3.05, 3.63) is 23.4 Å². The Morgan fingerprint density at radius 3 is 2.74 bits per heavy atom. The van der Waals surface area contributed by atoms with Gasteiger partial charge in [0, 0.05) is 12.0 Å². The lowest BCUT2D eigenvalue weighted by Gasteiger charge is -2.28. The van der Waals surface area contributed by atoms with Crippen LogP contribution >= 0.6 is 0 Å². The van der Waals surface area contributed by atoms with Gasteiger partial charge in [0.15, 0.2) is 5.82 Å². The molecule has 2 unspecified atom stereocenters. The standard InChI is InChI=1S/C16H24N6O/c1-10(16-18-15(20-23-16)13-6-7-13)21-8-4-5-14(21)9-22-12(3)17-11(2)19-22/h10,13-14H,4-9H2,1-3H3. The lowest BCUT2D eigenvalue weighted by atomic mass is 10.2. The average Bonchev–Trinajstić information content (AvgIpc) is 2.95. The van der Waals surface area contributed by atoms with E-state index in [-0.39, 0.29) is 6.04 Å². The van der Waals surface area contributed by atoms with Crippen LogP contribution in [0.5, 0.6) is 0 Å². The van der Waals surface area contributed by atoms with E-state index >= 15 is 0 Å². The van der Waals surface area contributed by atoms with Gasteiger partial charge in [-0.15, -0.1) is 0 Å². The summed E-state index contributed by atoms with van der Waals surface area (Å²) in [6.07, 6.45) is 4.77. The highest BCUT2D eigenvalue weighted by atomic mass is 16.5. The predicted molar refractivity (Wildman–Crippen MR) is 83.9 cm³/mol. The maximum absolute atomic E-state index is 5.53. The smallest absolute Gasteiger partial charge is 0.243 e. The Morgan fingerprint density at radius 2 is 2.04 bits per heavy atom. The van der Waals surface area contributed by atoms with Crippen molar-refractivity contribution in [1.29, 1.82) is 0 Å². The molecule has 2 fully saturated rings. The van der Waals surface area contributed by atoms with Gasteiger partial charge in [-0.3, -0.25) is 4.90 Å². The average molecular weight is 316 g/mol. The Bertz CT molecular complexity index is 689. The summed E-state index contributed by atoms with van der Waals surface area (Å²) in [6.45, 7) is 8.07. The van der Waals surface area contributed by atoms with Gasteiger partial charge in [-0.05, 0) is 53.0 Å². The molecule has 23 heavy (non-hydrogen) atoms. The van der Waals surface area contributed by atoms with Crippen LogP contribution in [-0.4, -0.2) is 42.4 Å². The Hall–Kier alpha value is -1.76. The molecule has 7 heteroatoms. The fourth-order valence-electron chi connectivity index (χ4n) is 3.56. The van der Waals surface area contributed by atoms with Gasteiger partial charge in [-0.25, -0.2) is 9.67 Å². The van der Waals surface area contributed by atoms with Gasteiger partial charge < -0.3 is 4.52 Å². The number of aryl methyl sites for hydroxylation is 2. The van der Waals surface area contributed by atoms with E-state index in [0.717, 1.165) is 36.5 Å². The van der Waals surface area contributed by atoms with E-state index in [2.05, 4.69) is 32.0 Å². The third-order valence-corrected chi connectivity index (χ3v) is 5.02. The van der Waals surface area contributed by atoms with Crippen LogP contribution < -0.4 is 0 Å². The molecule has 0 N–H and O–H groups in total. The molecule has 2 aromatic heterocycles. The van der Waals surface area contributed by atoms with Crippen molar-refractivity contribution < 1.29 is 4.52 Å². The first kappa shape index (κ1) is 14.8. The number of hydrogen-bond donors (Lipinski definition) is 0. The number of aromatic nitrogens is 5. The lowest BCUT2D eigenvalue weighted by Crippen LogP contribution is -2.35. The molecular weight excluding hydrogens is 292 g/mol. The summed E-state index contributed by atoms with van der Waals surface area (Å²) in [7, 11) is 0. The molecule has 4 rings (SSSR count). The van der Waals surface area contributed by atoms with Gasteiger partial charge in [0.05, 0.1) is 12.6 Å². The molecule has 2 aromatic rings. The normalized spacial score (nSPS) is 23.5. The minimum Gasteiger partial charge on any atom is -0.338 e. The Labute approximate surface area is 136 Å². The van der Waals surface area contributed by atoms with Crippen LogP contribution in [0.2, 0.25) is 0 Å². The quantitative estimate of drug-likeness (QED) is 0.843. The van der Waals surface area contributed by atoms with Crippen molar-refractivity contribution in [1.82, 2.24) is 29.8 Å². The minimum atomic E-state index is 0.160. The molecule has 2 aliphatic rings. The first-order valence-corrected chi connectivity index (χ1v) is 8.59. The van der Waals surface area contributed by atoms with Gasteiger partial charge in [-0.1, -0.05) is 5.16 Å². The molecule has 1 saturated heterocycles. The van der Waals surface area contributed by atoms with Crippen molar-refractivity contribution in [3.8, 4) is 0 Å². The highest BCUT2D eigenvalue weighted by Crippen LogP contribution is 2.39. The molecule has 3 heterocycles. The first-order chi connectivity index (χ1) is 11.1. The fraction of sp³-hybridized carbons (Fsp3) is 0.750. The Balaban J connectivity index is 1.48. The van der Waals surface area contributed by atoms with Gasteiger partial charge >= 0.3 is 0 Å². The zero-order valence-corrected chi connectivity index (χ0v) is 14.1. The van der Waals surface area contributed by atoms with E-state index in [0.29, 0.717) is 12.0 Å². The van der Waals surface area contributed by atoms with Crippen LogP contribution in [0, 0.1) is 13.8 Å². The molecule has 7 nitrogen and oxygen atoms in total. The lowest BCUT2D eigenvalue weighted by molar-refractivity contribution is 0.143. The highest BCUT2D eigenvalue weighted by Gasteiger charge is 2.34. The minimum absolute atomic E-state index is 0.160. The molecule has 0 aromatic carbocycles. The summed E-state index contributed by atoms with van der Waals surface area (Å²) >= 11 is 0. The molecule has 124 valence electrons. The third kappa shape index (κ3) is 2.89. The summed E-state index contributed by atoms with van der Waals surface area (Å²) in [4.78, 5) is 11.5. The van der Waals surface area contributed by atoms with Crippen molar-refractivity contribution in [2.45, 2.75) is 71.0 Å². The number of nitrogens with zero attached hydrogens (tertiary/aromatic N) is 6. The van der Waals surface area contributed by atoms with Crippen molar-refractivity contribution in [2.24, 2.45) is 0 Å². The summed E-state index contributed by atoms with van der Waals surface area (Å²) in [5.74, 6) is 4.01. The zero-order valence-electron chi connectivity index (χ0n) is 14.1. The zero-order chi connectivity index (χ0) is 16.0. The second-order valence-electron chi connectivity index (χ2n) is 6.86. The maximum atomic E-state index is 5.53. The molecule has 1 aliphatic carbocycles. The fourth-order valence-corrected chi connectivity index (χ4v) is 3.56. The summed E-state index contributed by atoms with van der Waals surface area (Å²) in [5.41, 5.74) is 0. The van der Waals surface area contributed by atoms with Crippen LogP contribution in [0.3, 0.4) is 0 Å². The van der Waals surface area contributed by atoms with E-state index in [1.807, 2.05) is 18.5 Å². The SMILES string of the molecule is Cc1nc(C)n(CC2CCCN2C(C)c2nc(C3CC3)no2)n1. The third-order valence-electron chi connectivity index (χ3n) is 5.02. The highest BCUT2D eigenvalue weighted by molar-refractivity contribution is 5.05. The molecule has 0 amide bonds. The number of likely N-dealkylation sites (tertiary alicyclic amines) is 1. The molecule has 1 saturated carbocycles. The van der Waals surface area contributed by atoms with Gasteiger partial charge in [0.2, 0.25) is 5.89 Å². The summed E-state index contributed by atoms with van der Waals surface area (Å²) in [5, 5.41) is 8.66. The summed E-state index contributed by atoms with van der Waals surface area (Å²) < 4.78 is 7.55. The number of rotatable bonds is 5. The molecule has 0 radical (unpaired) electrons. The van der Waals surface area contributed by atoms with Gasteiger partial charge in [0.1, 0.15) is 11.6 Å². The van der Waals surface area contributed by atoms with E-state index in [4.69, 9.17) is 4.52 Å². The van der Waals surface area contributed by atoms with Gasteiger partial charge in [-0.2, -0.15) is 10.1 Å². The van der Waals surface area contributed by atoms with Crippen LogP contribution in [0.25, 0.3) is 0 Å². The van der Waals surface area contributed by atoms with E-state index in [9.17, 15) is 0 Å². The van der Waals surface area contributed by atoms with Gasteiger partial charge in [0.25, 0.3) is 0 Å². The topological polar surface area (TPSA) is 72.9 Å². The van der Waals surface area contributed by atoms with Crippen LogP contribution in [0.4, 0.5) is 0 Å². The van der Waals surface area contributed by atoms with E-state index < -0.39 is 0 Å². The summed E-state index contributed by atoms with van der Waals surface area (Å²) in [6, 6.07) is 0.605. The first-order valence-electron chi connectivity index (χ1n) is 8.59. The van der Waals surface area contributed by atoms with E-state index in [1.165, 1.54) is 25.7 Å². The molecular formula is C16H24N6O.